The molecule has 2 nitrogen and oxygen atoms in total. The van der Waals surface area contributed by atoms with E-state index in [1.165, 1.54) is 0 Å². The summed E-state index contributed by atoms with van der Waals surface area (Å²) in [4.78, 5) is 0. The third-order valence-electron chi connectivity index (χ3n) is 1.70. The van der Waals surface area contributed by atoms with Gasteiger partial charge in [-0.15, -0.1) is 0 Å². The van der Waals surface area contributed by atoms with E-state index >= 15 is 0 Å². The van der Waals surface area contributed by atoms with Crippen LogP contribution in [0.2, 0.25) is 0 Å². The summed E-state index contributed by atoms with van der Waals surface area (Å²) in [6.45, 7) is 2.98. The maximum atomic E-state index is 5.29. The number of methoxy groups -OCH3 is 1. The Morgan fingerprint density at radius 3 is 2.67 bits per heavy atom. The minimum atomic E-state index is 0.509. The zero-order valence-corrected chi connectivity index (χ0v) is 6.09. The summed E-state index contributed by atoms with van der Waals surface area (Å²) in [5.74, 6) is 0. The highest BCUT2D eigenvalue weighted by Gasteiger charge is 2.35. The summed E-state index contributed by atoms with van der Waals surface area (Å²) in [5.41, 5.74) is 0. The van der Waals surface area contributed by atoms with Gasteiger partial charge in [0.05, 0.1) is 12.2 Å². The standard InChI is InChI=1S/C7H14O2/c1-3-6-7(9-6)4-5-8-2/h6-7H,3-5H2,1-2H3/t6-,7+/m0/s1. The molecule has 1 heterocycles. The van der Waals surface area contributed by atoms with Crippen LogP contribution >= 0.6 is 0 Å². The summed E-state index contributed by atoms with van der Waals surface area (Å²) < 4.78 is 10.2. The van der Waals surface area contributed by atoms with Gasteiger partial charge in [0.25, 0.3) is 0 Å². The van der Waals surface area contributed by atoms with Crippen molar-refractivity contribution in [1.82, 2.24) is 0 Å². The lowest BCUT2D eigenvalue weighted by molar-refractivity contribution is 0.184. The Hall–Kier alpha value is -0.0800. The molecule has 1 aliphatic rings. The minimum absolute atomic E-state index is 0.509. The minimum Gasteiger partial charge on any atom is -0.385 e. The Labute approximate surface area is 56.2 Å². The van der Waals surface area contributed by atoms with Gasteiger partial charge < -0.3 is 9.47 Å². The van der Waals surface area contributed by atoms with Gasteiger partial charge in [0, 0.05) is 13.7 Å². The van der Waals surface area contributed by atoms with E-state index in [1.54, 1.807) is 7.11 Å². The van der Waals surface area contributed by atoms with Gasteiger partial charge in [0.1, 0.15) is 0 Å². The maximum absolute atomic E-state index is 5.29. The predicted molar refractivity (Wildman–Crippen MR) is 35.4 cm³/mol. The van der Waals surface area contributed by atoms with E-state index < -0.39 is 0 Å². The molecule has 0 saturated carbocycles. The number of hydrogen-bond donors (Lipinski definition) is 0. The fourth-order valence-corrected chi connectivity index (χ4v) is 1.03. The van der Waals surface area contributed by atoms with Crippen LogP contribution < -0.4 is 0 Å². The number of rotatable bonds is 4. The van der Waals surface area contributed by atoms with E-state index in [0.29, 0.717) is 12.2 Å². The van der Waals surface area contributed by atoms with Crippen LogP contribution in [0.15, 0.2) is 0 Å². The molecule has 2 atom stereocenters. The molecular weight excluding hydrogens is 116 g/mol. The Bertz CT molecular complexity index is 83.0. The second-order valence-electron chi connectivity index (χ2n) is 2.40. The van der Waals surface area contributed by atoms with Gasteiger partial charge in [-0.2, -0.15) is 0 Å². The third-order valence-corrected chi connectivity index (χ3v) is 1.70. The lowest BCUT2D eigenvalue weighted by Gasteiger charge is -1.91. The summed E-state index contributed by atoms with van der Waals surface area (Å²) in [7, 11) is 1.73. The van der Waals surface area contributed by atoms with Crippen LogP contribution in [-0.2, 0) is 9.47 Å². The summed E-state index contributed by atoms with van der Waals surface area (Å²) in [6, 6.07) is 0. The van der Waals surface area contributed by atoms with Crippen LogP contribution in [0.3, 0.4) is 0 Å². The van der Waals surface area contributed by atoms with Crippen molar-refractivity contribution in [3.8, 4) is 0 Å². The molecule has 2 heteroatoms. The normalized spacial score (nSPS) is 32.7. The summed E-state index contributed by atoms with van der Waals surface area (Å²) in [6.07, 6.45) is 3.26. The van der Waals surface area contributed by atoms with Crippen molar-refractivity contribution in [1.29, 1.82) is 0 Å². The van der Waals surface area contributed by atoms with Gasteiger partial charge in [-0.3, -0.25) is 0 Å². The average molecular weight is 130 g/mol. The van der Waals surface area contributed by atoms with Gasteiger partial charge in [-0.25, -0.2) is 0 Å². The first kappa shape index (κ1) is 7.03. The van der Waals surface area contributed by atoms with E-state index in [4.69, 9.17) is 9.47 Å². The molecular formula is C7H14O2. The quantitative estimate of drug-likeness (QED) is 0.533. The first-order chi connectivity index (χ1) is 4.38. The fraction of sp³-hybridized carbons (Fsp3) is 1.00. The average Bonchev–Trinajstić information content (AvgIpc) is 2.62. The first-order valence-electron chi connectivity index (χ1n) is 3.53. The van der Waals surface area contributed by atoms with Gasteiger partial charge in [0.2, 0.25) is 0 Å². The van der Waals surface area contributed by atoms with Crippen molar-refractivity contribution in [2.45, 2.75) is 32.0 Å². The molecule has 0 aromatic carbocycles. The molecule has 0 aromatic heterocycles. The molecule has 1 fully saturated rings. The van der Waals surface area contributed by atoms with Gasteiger partial charge >= 0.3 is 0 Å². The Morgan fingerprint density at radius 1 is 1.44 bits per heavy atom. The fourth-order valence-electron chi connectivity index (χ4n) is 1.03. The molecule has 0 aliphatic carbocycles. The van der Waals surface area contributed by atoms with Crippen molar-refractivity contribution in [2.24, 2.45) is 0 Å². The molecule has 0 N–H and O–H groups in total. The number of ether oxygens (including phenoxy) is 2. The van der Waals surface area contributed by atoms with Crippen molar-refractivity contribution < 1.29 is 9.47 Å². The third kappa shape index (κ3) is 1.95. The van der Waals surface area contributed by atoms with Crippen molar-refractivity contribution in [3.05, 3.63) is 0 Å². The van der Waals surface area contributed by atoms with Crippen molar-refractivity contribution >= 4 is 0 Å². The maximum Gasteiger partial charge on any atom is 0.0863 e. The van der Waals surface area contributed by atoms with Gasteiger partial charge in [0.15, 0.2) is 0 Å². The van der Waals surface area contributed by atoms with E-state index in [9.17, 15) is 0 Å². The predicted octanol–water partition coefficient (Wildman–Crippen LogP) is 1.20. The Kier molecular flexibility index (Phi) is 2.49. The van der Waals surface area contributed by atoms with E-state index in [0.717, 1.165) is 19.4 Å². The lowest BCUT2D eigenvalue weighted by Crippen LogP contribution is -1.97. The molecule has 0 radical (unpaired) electrons. The summed E-state index contributed by atoms with van der Waals surface area (Å²) >= 11 is 0. The Balaban J connectivity index is 1.92. The zero-order valence-electron chi connectivity index (χ0n) is 6.09. The molecule has 1 aliphatic heterocycles. The zero-order chi connectivity index (χ0) is 6.69. The highest BCUT2D eigenvalue weighted by atomic mass is 16.6. The van der Waals surface area contributed by atoms with E-state index in [1.807, 2.05) is 0 Å². The number of epoxide rings is 1. The second-order valence-corrected chi connectivity index (χ2v) is 2.40. The largest absolute Gasteiger partial charge is 0.385 e. The highest BCUT2D eigenvalue weighted by Crippen LogP contribution is 2.27. The molecule has 54 valence electrons. The Morgan fingerprint density at radius 2 is 2.22 bits per heavy atom. The van der Waals surface area contributed by atoms with E-state index in [2.05, 4.69) is 6.92 Å². The molecule has 1 rings (SSSR count). The molecule has 0 aromatic rings. The molecule has 1 saturated heterocycles. The summed E-state index contributed by atoms with van der Waals surface area (Å²) in [5, 5.41) is 0. The van der Waals surface area contributed by atoms with Crippen LogP contribution in [-0.4, -0.2) is 25.9 Å². The topological polar surface area (TPSA) is 21.8 Å². The number of hydrogen-bond acceptors (Lipinski definition) is 2. The smallest absolute Gasteiger partial charge is 0.0863 e. The van der Waals surface area contributed by atoms with Crippen LogP contribution in [0.25, 0.3) is 0 Å². The molecule has 0 amide bonds. The van der Waals surface area contributed by atoms with E-state index in [-0.39, 0.29) is 0 Å². The van der Waals surface area contributed by atoms with Crippen LogP contribution in [0.1, 0.15) is 19.8 Å². The van der Waals surface area contributed by atoms with Crippen LogP contribution in [0.4, 0.5) is 0 Å². The van der Waals surface area contributed by atoms with Gasteiger partial charge in [-0.05, 0) is 12.8 Å². The lowest BCUT2D eigenvalue weighted by atomic mass is 10.2. The molecule has 0 spiro atoms. The SMILES string of the molecule is CC[C@@H]1O[C@@H]1CCOC. The van der Waals surface area contributed by atoms with Gasteiger partial charge in [-0.1, -0.05) is 6.92 Å². The van der Waals surface area contributed by atoms with Crippen LogP contribution in [0, 0.1) is 0 Å². The molecule has 0 bridgehead atoms. The second kappa shape index (κ2) is 3.18. The monoisotopic (exact) mass is 130 g/mol. The first-order valence-corrected chi connectivity index (χ1v) is 3.53. The van der Waals surface area contributed by atoms with Crippen LogP contribution in [0.5, 0.6) is 0 Å². The highest BCUT2D eigenvalue weighted by molar-refractivity contribution is 4.82. The molecule has 0 unspecified atom stereocenters. The van der Waals surface area contributed by atoms with Crippen molar-refractivity contribution in [3.63, 3.8) is 0 Å². The van der Waals surface area contributed by atoms with Crippen molar-refractivity contribution in [2.75, 3.05) is 13.7 Å². The molecule has 9 heavy (non-hydrogen) atoms.